The van der Waals surface area contributed by atoms with Crippen LogP contribution in [0, 0.1) is 23.7 Å². The summed E-state index contributed by atoms with van der Waals surface area (Å²) in [5.41, 5.74) is 1.93. The summed E-state index contributed by atoms with van der Waals surface area (Å²) in [6.45, 7) is 2.49. The van der Waals surface area contributed by atoms with E-state index in [1.54, 1.807) is 4.90 Å². The summed E-state index contributed by atoms with van der Waals surface area (Å²) in [7, 11) is 1.85. The standard InChI is InChI=1S/C17H21NO2/c1-13(16-8-9-16)17(20)18(2)12-15-6-3-5-14(11-15)7-4-10-19/h3,5-6,11,13,16,19H,8-10,12H2,1-2H3. The molecule has 1 aromatic rings. The second kappa shape index (κ2) is 6.58. The summed E-state index contributed by atoms with van der Waals surface area (Å²) in [5.74, 6) is 6.47. The molecule has 1 N–H and O–H groups in total. The Bertz CT molecular complexity index is 537. The van der Waals surface area contributed by atoms with Crippen molar-refractivity contribution in [2.24, 2.45) is 11.8 Å². The number of hydrogen-bond donors (Lipinski definition) is 1. The van der Waals surface area contributed by atoms with Gasteiger partial charge in [-0.1, -0.05) is 30.9 Å². The van der Waals surface area contributed by atoms with Gasteiger partial charge in [0, 0.05) is 25.1 Å². The van der Waals surface area contributed by atoms with Crippen molar-refractivity contribution in [3.8, 4) is 11.8 Å². The lowest BCUT2D eigenvalue weighted by molar-refractivity contribution is -0.134. The average molecular weight is 271 g/mol. The van der Waals surface area contributed by atoms with Crippen molar-refractivity contribution in [1.29, 1.82) is 0 Å². The number of carbonyl (C=O) groups excluding carboxylic acids is 1. The van der Waals surface area contributed by atoms with Crippen LogP contribution in [0.5, 0.6) is 0 Å². The molecule has 20 heavy (non-hydrogen) atoms. The van der Waals surface area contributed by atoms with E-state index in [1.165, 1.54) is 12.8 Å². The molecule has 1 aromatic carbocycles. The first-order valence-corrected chi connectivity index (χ1v) is 7.05. The van der Waals surface area contributed by atoms with Gasteiger partial charge in [-0.05, 0) is 36.5 Å². The molecule has 1 unspecified atom stereocenters. The molecule has 1 amide bonds. The Balaban J connectivity index is 1.99. The topological polar surface area (TPSA) is 40.5 Å². The summed E-state index contributed by atoms with van der Waals surface area (Å²) in [6.07, 6.45) is 2.37. The Morgan fingerprint density at radius 1 is 1.50 bits per heavy atom. The van der Waals surface area contributed by atoms with E-state index < -0.39 is 0 Å². The highest BCUT2D eigenvalue weighted by molar-refractivity contribution is 5.78. The molecule has 0 saturated heterocycles. The molecule has 1 fully saturated rings. The van der Waals surface area contributed by atoms with Gasteiger partial charge in [-0.15, -0.1) is 0 Å². The second-order valence-corrected chi connectivity index (χ2v) is 5.48. The Morgan fingerprint density at radius 3 is 2.90 bits per heavy atom. The molecule has 106 valence electrons. The molecule has 1 atom stereocenters. The van der Waals surface area contributed by atoms with Crippen LogP contribution < -0.4 is 0 Å². The van der Waals surface area contributed by atoms with Crippen molar-refractivity contribution in [3.63, 3.8) is 0 Å². The molecule has 0 aliphatic heterocycles. The number of aliphatic hydroxyl groups excluding tert-OH is 1. The Labute approximate surface area is 120 Å². The van der Waals surface area contributed by atoms with Gasteiger partial charge >= 0.3 is 0 Å². The number of amides is 1. The van der Waals surface area contributed by atoms with Crippen LogP contribution in [0.25, 0.3) is 0 Å². The SMILES string of the molecule is CC(C(=O)N(C)Cc1cccc(C#CCO)c1)C1CC1. The average Bonchev–Trinajstić information content (AvgIpc) is 3.28. The number of benzene rings is 1. The van der Waals surface area contributed by atoms with Crippen LogP contribution in [-0.2, 0) is 11.3 Å². The summed E-state index contributed by atoms with van der Waals surface area (Å²) >= 11 is 0. The summed E-state index contributed by atoms with van der Waals surface area (Å²) < 4.78 is 0. The minimum atomic E-state index is -0.137. The minimum Gasteiger partial charge on any atom is -0.384 e. The van der Waals surface area contributed by atoms with Gasteiger partial charge in [0.15, 0.2) is 0 Å². The highest BCUT2D eigenvalue weighted by Gasteiger charge is 2.33. The van der Waals surface area contributed by atoms with Gasteiger partial charge in [-0.3, -0.25) is 4.79 Å². The number of nitrogens with zero attached hydrogens (tertiary/aromatic N) is 1. The van der Waals surface area contributed by atoms with Crippen molar-refractivity contribution >= 4 is 5.91 Å². The third kappa shape index (κ3) is 3.85. The van der Waals surface area contributed by atoms with E-state index in [2.05, 4.69) is 11.8 Å². The van der Waals surface area contributed by atoms with E-state index in [0.29, 0.717) is 12.5 Å². The fraction of sp³-hybridized carbons (Fsp3) is 0.471. The number of aliphatic hydroxyl groups is 1. The normalized spacial score (nSPS) is 15.2. The van der Waals surface area contributed by atoms with E-state index in [1.807, 2.05) is 38.2 Å². The van der Waals surface area contributed by atoms with Gasteiger partial charge in [-0.2, -0.15) is 0 Å². The maximum Gasteiger partial charge on any atom is 0.225 e. The second-order valence-electron chi connectivity index (χ2n) is 5.48. The number of rotatable bonds is 4. The fourth-order valence-corrected chi connectivity index (χ4v) is 2.39. The molecule has 0 spiro atoms. The maximum absolute atomic E-state index is 12.3. The van der Waals surface area contributed by atoms with Crippen LogP contribution in [0.3, 0.4) is 0 Å². The lowest BCUT2D eigenvalue weighted by Gasteiger charge is -2.21. The van der Waals surface area contributed by atoms with Gasteiger partial charge in [0.1, 0.15) is 6.61 Å². The molecule has 1 aliphatic rings. The van der Waals surface area contributed by atoms with Crippen molar-refractivity contribution < 1.29 is 9.90 Å². The molecule has 2 rings (SSSR count). The van der Waals surface area contributed by atoms with Crippen LogP contribution >= 0.6 is 0 Å². The quantitative estimate of drug-likeness (QED) is 0.851. The molecule has 0 aromatic heterocycles. The fourth-order valence-electron chi connectivity index (χ4n) is 2.39. The van der Waals surface area contributed by atoms with Crippen molar-refractivity contribution in [3.05, 3.63) is 35.4 Å². The molecule has 1 saturated carbocycles. The lowest BCUT2D eigenvalue weighted by atomic mass is 10.0. The van der Waals surface area contributed by atoms with E-state index >= 15 is 0 Å². The van der Waals surface area contributed by atoms with E-state index in [4.69, 9.17) is 5.11 Å². The molecule has 3 nitrogen and oxygen atoms in total. The first kappa shape index (κ1) is 14.6. The monoisotopic (exact) mass is 271 g/mol. The molecule has 0 radical (unpaired) electrons. The van der Waals surface area contributed by atoms with Crippen LogP contribution in [0.1, 0.15) is 30.9 Å². The molecule has 0 heterocycles. The van der Waals surface area contributed by atoms with Crippen LogP contribution in [0.4, 0.5) is 0 Å². The zero-order valence-corrected chi connectivity index (χ0v) is 12.1. The van der Waals surface area contributed by atoms with Gasteiger partial charge in [0.2, 0.25) is 5.91 Å². The zero-order chi connectivity index (χ0) is 14.5. The number of hydrogen-bond acceptors (Lipinski definition) is 2. The Kier molecular flexibility index (Phi) is 4.81. The predicted molar refractivity (Wildman–Crippen MR) is 78.8 cm³/mol. The lowest BCUT2D eigenvalue weighted by Crippen LogP contribution is -2.32. The number of carbonyl (C=O) groups is 1. The smallest absolute Gasteiger partial charge is 0.225 e. The minimum absolute atomic E-state index is 0.136. The van der Waals surface area contributed by atoms with Crippen molar-refractivity contribution in [1.82, 2.24) is 4.90 Å². The summed E-state index contributed by atoms with van der Waals surface area (Å²) in [5, 5.41) is 8.71. The zero-order valence-electron chi connectivity index (χ0n) is 12.1. The van der Waals surface area contributed by atoms with Crippen LogP contribution in [0.2, 0.25) is 0 Å². The third-order valence-electron chi connectivity index (χ3n) is 3.75. The first-order chi connectivity index (χ1) is 9.61. The van der Waals surface area contributed by atoms with Gasteiger partial charge in [-0.25, -0.2) is 0 Å². The molecule has 3 heteroatoms. The highest BCUT2D eigenvalue weighted by Crippen LogP contribution is 2.37. The van der Waals surface area contributed by atoms with Gasteiger partial charge < -0.3 is 10.0 Å². The van der Waals surface area contributed by atoms with E-state index in [0.717, 1.165) is 11.1 Å². The van der Waals surface area contributed by atoms with Gasteiger partial charge in [0.05, 0.1) is 0 Å². The summed E-state index contributed by atoms with van der Waals surface area (Å²) in [6, 6.07) is 7.80. The molecule has 0 bridgehead atoms. The predicted octanol–water partition coefficient (Wildman–Crippen LogP) is 2.03. The van der Waals surface area contributed by atoms with Crippen molar-refractivity contribution in [2.75, 3.05) is 13.7 Å². The Hall–Kier alpha value is -1.79. The largest absolute Gasteiger partial charge is 0.384 e. The van der Waals surface area contributed by atoms with Crippen LogP contribution in [0.15, 0.2) is 24.3 Å². The van der Waals surface area contributed by atoms with E-state index in [-0.39, 0.29) is 18.4 Å². The molecular formula is C17H21NO2. The first-order valence-electron chi connectivity index (χ1n) is 7.05. The van der Waals surface area contributed by atoms with E-state index in [9.17, 15) is 4.79 Å². The van der Waals surface area contributed by atoms with Crippen molar-refractivity contribution in [2.45, 2.75) is 26.3 Å². The summed E-state index contributed by atoms with van der Waals surface area (Å²) in [4.78, 5) is 14.0. The highest BCUT2D eigenvalue weighted by atomic mass is 16.2. The third-order valence-corrected chi connectivity index (χ3v) is 3.75. The molecular weight excluding hydrogens is 250 g/mol. The van der Waals surface area contributed by atoms with Crippen LogP contribution in [-0.4, -0.2) is 29.6 Å². The van der Waals surface area contributed by atoms with Gasteiger partial charge in [0.25, 0.3) is 0 Å². The Morgan fingerprint density at radius 2 is 2.25 bits per heavy atom. The maximum atomic E-state index is 12.3. The molecule has 1 aliphatic carbocycles.